The lowest BCUT2D eigenvalue weighted by Gasteiger charge is -2.30. The highest BCUT2D eigenvalue weighted by Gasteiger charge is 2.10. The van der Waals surface area contributed by atoms with Crippen LogP contribution in [0.5, 0.6) is 0 Å². The maximum absolute atomic E-state index is 10.3. The highest BCUT2D eigenvalue weighted by atomic mass is 32.1. The van der Waals surface area contributed by atoms with E-state index >= 15 is 0 Å². The number of hydrazine groups is 1. The van der Waals surface area contributed by atoms with E-state index < -0.39 is 5.97 Å². The summed E-state index contributed by atoms with van der Waals surface area (Å²) in [5, 5.41) is 15.6. The van der Waals surface area contributed by atoms with Gasteiger partial charge >= 0.3 is 5.97 Å². The molecule has 0 atom stereocenters. The molecule has 0 unspecified atom stereocenters. The van der Waals surface area contributed by atoms with E-state index in [1.165, 1.54) is 0 Å². The predicted molar refractivity (Wildman–Crippen MR) is 58.9 cm³/mol. The zero-order valence-corrected chi connectivity index (χ0v) is 9.60. The van der Waals surface area contributed by atoms with Crippen LogP contribution in [0.3, 0.4) is 0 Å². The fourth-order valence-electron chi connectivity index (χ4n) is 0.992. The second-order valence-corrected chi connectivity index (χ2v) is 3.41. The van der Waals surface area contributed by atoms with Crippen molar-refractivity contribution < 1.29 is 9.90 Å². The molecule has 2 N–H and O–H groups in total. The van der Waals surface area contributed by atoms with Crippen molar-refractivity contribution in [2.24, 2.45) is 0 Å². The van der Waals surface area contributed by atoms with Crippen molar-refractivity contribution in [2.75, 3.05) is 27.7 Å². The molecule has 0 aliphatic carbocycles. The van der Waals surface area contributed by atoms with Crippen LogP contribution in [-0.4, -0.2) is 53.9 Å². The number of rotatable bonds is 5. The molecule has 0 aromatic heterocycles. The Balaban J connectivity index is 3.98. The molecule has 0 aromatic rings. The predicted octanol–water partition coefficient (Wildman–Crippen LogP) is 0.134. The Hall–Kier alpha value is -0.880. The summed E-state index contributed by atoms with van der Waals surface area (Å²) in [6.45, 7) is 0.610. The molecule has 6 heteroatoms. The number of nitrogens with one attached hydrogen (secondary N) is 1. The van der Waals surface area contributed by atoms with E-state index in [9.17, 15) is 4.79 Å². The normalized spacial score (nSPS) is 10.0. The number of carboxylic acid groups (broad SMARTS) is 1. The summed E-state index contributed by atoms with van der Waals surface area (Å²) in [5.74, 6) is -0.779. The van der Waals surface area contributed by atoms with E-state index in [-0.39, 0.29) is 6.42 Å². The molecule has 5 nitrogen and oxygen atoms in total. The standard InChI is InChI=1S/C8H17N3O2S/c1-9-8(14)11(10(2)3)6-4-5-7(12)13/h4-6H2,1-3H3,(H,9,14)(H,12,13). The van der Waals surface area contributed by atoms with Crippen molar-refractivity contribution in [1.82, 2.24) is 15.3 Å². The average molecular weight is 219 g/mol. The van der Waals surface area contributed by atoms with Crippen LogP contribution < -0.4 is 5.32 Å². The lowest BCUT2D eigenvalue weighted by atomic mass is 10.3. The molecule has 82 valence electrons. The van der Waals surface area contributed by atoms with Gasteiger partial charge in [-0.25, -0.2) is 5.01 Å². The number of carbonyl (C=O) groups is 1. The minimum Gasteiger partial charge on any atom is -0.481 e. The average Bonchev–Trinajstić information content (AvgIpc) is 2.10. The van der Waals surface area contributed by atoms with E-state index in [0.29, 0.717) is 18.1 Å². The summed E-state index contributed by atoms with van der Waals surface area (Å²) in [7, 11) is 5.48. The molecule has 0 aliphatic heterocycles. The van der Waals surface area contributed by atoms with Crippen molar-refractivity contribution in [3.8, 4) is 0 Å². The summed E-state index contributed by atoms with van der Waals surface area (Å²) < 4.78 is 0. The van der Waals surface area contributed by atoms with Crippen LogP contribution in [0.15, 0.2) is 0 Å². The van der Waals surface area contributed by atoms with Crippen LogP contribution >= 0.6 is 12.2 Å². The lowest BCUT2D eigenvalue weighted by molar-refractivity contribution is -0.137. The van der Waals surface area contributed by atoms with Crippen molar-refractivity contribution in [1.29, 1.82) is 0 Å². The number of carboxylic acids is 1. The third-order valence-corrected chi connectivity index (χ3v) is 2.11. The molecule has 0 fully saturated rings. The third kappa shape index (κ3) is 4.98. The number of hydrogen-bond donors (Lipinski definition) is 2. The van der Waals surface area contributed by atoms with Gasteiger partial charge in [0.15, 0.2) is 5.11 Å². The summed E-state index contributed by atoms with van der Waals surface area (Å²) in [4.78, 5) is 10.3. The van der Waals surface area contributed by atoms with Crippen LogP contribution in [0.4, 0.5) is 0 Å². The molecule has 0 saturated heterocycles. The molecule has 0 radical (unpaired) electrons. The van der Waals surface area contributed by atoms with Gasteiger partial charge in [0.05, 0.1) is 0 Å². The summed E-state index contributed by atoms with van der Waals surface area (Å²) >= 11 is 5.06. The Labute approximate surface area is 89.6 Å². The van der Waals surface area contributed by atoms with Crippen LogP contribution in [0.1, 0.15) is 12.8 Å². The highest BCUT2D eigenvalue weighted by Crippen LogP contribution is 1.98. The molecule has 0 aliphatic rings. The number of hydrogen-bond acceptors (Lipinski definition) is 3. The van der Waals surface area contributed by atoms with Gasteiger partial charge in [-0.2, -0.15) is 0 Å². The SMILES string of the molecule is CNC(=S)N(CCCC(=O)O)N(C)C. The minimum absolute atomic E-state index is 0.163. The first kappa shape index (κ1) is 13.1. The summed E-state index contributed by atoms with van der Waals surface area (Å²) in [6, 6.07) is 0. The Morgan fingerprint density at radius 1 is 1.50 bits per heavy atom. The molecule has 0 aromatic carbocycles. The van der Waals surface area contributed by atoms with Gasteiger partial charge in [0.25, 0.3) is 0 Å². The van der Waals surface area contributed by atoms with Gasteiger partial charge in [-0.1, -0.05) is 0 Å². The minimum atomic E-state index is -0.779. The maximum Gasteiger partial charge on any atom is 0.303 e. The fraction of sp³-hybridized carbons (Fsp3) is 0.750. The second-order valence-electron chi connectivity index (χ2n) is 3.02. The molecule has 0 amide bonds. The molecule has 0 bridgehead atoms. The van der Waals surface area contributed by atoms with Crippen molar-refractivity contribution in [2.45, 2.75) is 12.8 Å². The van der Waals surface area contributed by atoms with Gasteiger partial charge in [0.1, 0.15) is 0 Å². The molecule has 0 spiro atoms. The Bertz CT molecular complexity index is 209. The molecular formula is C8H17N3O2S. The van der Waals surface area contributed by atoms with E-state index in [1.54, 1.807) is 7.05 Å². The first-order valence-corrected chi connectivity index (χ1v) is 4.78. The first-order chi connectivity index (χ1) is 6.49. The van der Waals surface area contributed by atoms with Crippen LogP contribution in [0.25, 0.3) is 0 Å². The smallest absolute Gasteiger partial charge is 0.303 e. The quantitative estimate of drug-likeness (QED) is 0.506. The Morgan fingerprint density at radius 2 is 2.07 bits per heavy atom. The first-order valence-electron chi connectivity index (χ1n) is 4.37. The zero-order valence-electron chi connectivity index (χ0n) is 8.78. The van der Waals surface area contributed by atoms with Gasteiger partial charge < -0.3 is 10.4 Å². The van der Waals surface area contributed by atoms with Crippen LogP contribution in [0, 0.1) is 0 Å². The van der Waals surface area contributed by atoms with Crippen LogP contribution in [-0.2, 0) is 4.79 Å². The van der Waals surface area contributed by atoms with Gasteiger partial charge in [-0.05, 0) is 18.6 Å². The molecule has 14 heavy (non-hydrogen) atoms. The molecule has 0 saturated carbocycles. The third-order valence-electron chi connectivity index (χ3n) is 1.69. The number of aliphatic carboxylic acids is 1. The molecular weight excluding hydrogens is 202 g/mol. The zero-order chi connectivity index (χ0) is 11.1. The summed E-state index contributed by atoms with van der Waals surface area (Å²) in [6.07, 6.45) is 0.742. The van der Waals surface area contributed by atoms with Gasteiger partial charge in [-0.15, -0.1) is 0 Å². The van der Waals surface area contributed by atoms with Gasteiger partial charge in [-0.3, -0.25) is 9.80 Å². The monoisotopic (exact) mass is 219 g/mol. The van der Waals surface area contributed by atoms with E-state index in [1.807, 2.05) is 24.1 Å². The van der Waals surface area contributed by atoms with E-state index in [4.69, 9.17) is 17.3 Å². The largest absolute Gasteiger partial charge is 0.481 e. The lowest BCUT2D eigenvalue weighted by Crippen LogP contribution is -2.46. The van der Waals surface area contributed by atoms with Crippen molar-refractivity contribution in [3.63, 3.8) is 0 Å². The van der Waals surface area contributed by atoms with Crippen LogP contribution in [0.2, 0.25) is 0 Å². The van der Waals surface area contributed by atoms with E-state index in [0.717, 1.165) is 0 Å². The maximum atomic E-state index is 10.3. The topological polar surface area (TPSA) is 55.8 Å². The van der Waals surface area contributed by atoms with Crippen molar-refractivity contribution in [3.05, 3.63) is 0 Å². The fourth-order valence-corrected chi connectivity index (χ4v) is 1.25. The van der Waals surface area contributed by atoms with E-state index in [2.05, 4.69) is 5.32 Å². The Kier molecular flexibility index (Phi) is 6.14. The number of nitrogens with zero attached hydrogens (tertiary/aromatic N) is 2. The van der Waals surface area contributed by atoms with Gasteiger partial charge in [0, 0.05) is 34.1 Å². The van der Waals surface area contributed by atoms with Crippen molar-refractivity contribution >= 4 is 23.3 Å². The van der Waals surface area contributed by atoms with Gasteiger partial charge in [0.2, 0.25) is 0 Å². The molecule has 0 rings (SSSR count). The summed E-state index contributed by atoms with van der Waals surface area (Å²) in [5.41, 5.74) is 0. The second kappa shape index (κ2) is 6.56. The highest BCUT2D eigenvalue weighted by molar-refractivity contribution is 7.80. The Morgan fingerprint density at radius 3 is 2.43 bits per heavy atom. The number of thiocarbonyl (C=S) groups is 1. The molecule has 0 heterocycles.